The fourth-order valence-electron chi connectivity index (χ4n) is 1.78. The summed E-state index contributed by atoms with van der Waals surface area (Å²) in [5.74, 6) is 0.162. The number of nitrogens with zero attached hydrogens (tertiary/aromatic N) is 1. The van der Waals surface area contributed by atoms with E-state index in [0.717, 1.165) is 10.0 Å². The van der Waals surface area contributed by atoms with Gasteiger partial charge in [0, 0.05) is 16.5 Å². The highest BCUT2D eigenvalue weighted by atomic mass is 79.9. The van der Waals surface area contributed by atoms with E-state index in [1.165, 1.54) is 0 Å². The minimum absolute atomic E-state index is 0.326. The minimum atomic E-state index is -0.390. The molecule has 0 aliphatic carbocycles. The van der Waals surface area contributed by atoms with E-state index in [0.29, 0.717) is 30.0 Å². The van der Waals surface area contributed by atoms with Crippen molar-refractivity contribution in [2.45, 2.75) is 20.3 Å². The summed E-state index contributed by atoms with van der Waals surface area (Å²) in [7, 11) is 0. The lowest BCUT2D eigenvalue weighted by atomic mass is 10.1. The van der Waals surface area contributed by atoms with Gasteiger partial charge in [-0.2, -0.15) is 0 Å². The van der Waals surface area contributed by atoms with Crippen LogP contribution >= 0.6 is 15.9 Å². The summed E-state index contributed by atoms with van der Waals surface area (Å²) >= 11 is 3.37. The van der Waals surface area contributed by atoms with Crippen LogP contribution in [0.3, 0.4) is 0 Å². The number of benzene rings is 1. The van der Waals surface area contributed by atoms with E-state index < -0.39 is 5.97 Å². The summed E-state index contributed by atoms with van der Waals surface area (Å²) in [6.45, 7) is 4.01. The van der Waals surface area contributed by atoms with E-state index in [1.807, 2.05) is 31.2 Å². The van der Waals surface area contributed by atoms with Crippen LogP contribution in [0, 0.1) is 0 Å². The third-order valence-electron chi connectivity index (χ3n) is 2.68. The second-order valence-electron chi connectivity index (χ2n) is 3.91. The summed E-state index contributed by atoms with van der Waals surface area (Å²) in [6, 6.07) is 7.54. The second-order valence-corrected chi connectivity index (χ2v) is 4.83. The van der Waals surface area contributed by atoms with Gasteiger partial charge in [0.15, 0.2) is 5.76 Å². The van der Waals surface area contributed by atoms with Crippen molar-refractivity contribution in [1.82, 2.24) is 5.16 Å². The lowest BCUT2D eigenvalue weighted by Crippen LogP contribution is -2.07. The monoisotopic (exact) mass is 323 g/mol. The molecular weight excluding hydrogens is 310 g/mol. The molecule has 0 bridgehead atoms. The zero-order chi connectivity index (χ0) is 13.8. The fraction of sp³-hybridized carbons (Fsp3) is 0.286. The van der Waals surface area contributed by atoms with E-state index in [2.05, 4.69) is 21.1 Å². The van der Waals surface area contributed by atoms with Crippen LogP contribution in [0.15, 0.2) is 33.3 Å². The average molecular weight is 324 g/mol. The molecule has 0 atom stereocenters. The van der Waals surface area contributed by atoms with Gasteiger partial charge in [0.25, 0.3) is 0 Å². The molecule has 2 rings (SSSR count). The van der Waals surface area contributed by atoms with Gasteiger partial charge >= 0.3 is 5.97 Å². The van der Waals surface area contributed by atoms with Crippen molar-refractivity contribution < 1.29 is 14.1 Å². The molecule has 0 N–H and O–H groups in total. The van der Waals surface area contributed by atoms with E-state index >= 15 is 0 Å². The van der Waals surface area contributed by atoms with Crippen molar-refractivity contribution in [2.24, 2.45) is 0 Å². The predicted octanol–water partition coefficient (Wildman–Crippen LogP) is 3.84. The van der Waals surface area contributed by atoms with Crippen LogP contribution in [0.4, 0.5) is 0 Å². The first-order valence-electron chi connectivity index (χ1n) is 6.09. The fourth-order valence-corrected chi connectivity index (χ4v) is 2.05. The molecule has 0 aliphatic heterocycles. The predicted molar refractivity (Wildman–Crippen MR) is 75.0 cm³/mol. The molecule has 2 aromatic rings. The number of ether oxygens (including phenoxy) is 1. The molecule has 0 saturated heterocycles. The molecule has 0 unspecified atom stereocenters. The molecule has 1 aromatic heterocycles. The van der Waals surface area contributed by atoms with Crippen LogP contribution in [-0.2, 0) is 11.2 Å². The Morgan fingerprint density at radius 1 is 1.32 bits per heavy atom. The van der Waals surface area contributed by atoms with Gasteiger partial charge in [-0.15, -0.1) is 0 Å². The summed E-state index contributed by atoms with van der Waals surface area (Å²) < 4.78 is 11.3. The van der Waals surface area contributed by atoms with Crippen molar-refractivity contribution in [2.75, 3.05) is 6.61 Å². The van der Waals surface area contributed by atoms with Gasteiger partial charge < -0.3 is 9.26 Å². The molecule has 100 valence electrons. The largest absolute Gasteiger partial charge is 0.462 e. The van der Waals surface area contributed by atoms with Gasteiger partial charge in [-0.1, -0.05) is 40.1 Å². The molecule has 0 aliphatic rings. The first kappa shape index (κ1) is 13.8. The molecule has 0 saturated carbocycles. The standard InChI is InChI=1S/C14H14BrNO3/c1-3-11-12(14(17)18-4-2)13(16-19-11)9-5-7-10(15)8-6-9/h5-8H,3-4H2,1-2H3. The van der Waals surface area contributed by atoms with Crippen molar-refractivity contribution >= 4 is 21.9 Å². The number of rotatable bonds is 4. The number of esters is 1. The van der Waals surface area contributed by atoms with Crippen molar-refractivity contribution in [3.05, 3.63) is 40.1 Å². The van der Waals surface area contributed by atoms with Gasteiger partial charge in [-0.05, 0) is 19.1 Å². The van der Waals surface area contributed by atoms with Crippen molar-refractivity contribution in [3.8, 4) is 11.3 Å². The van der Waals surface area contributed by atoms with Gasteiger partial charge in [-0.25, -0.2) is 4.79 Å². The molecular formula is C14H14BrNO3. The highest BCUT2D eigenvalue weighted by Gasteiger charge is 2.23. The Morgan fingerprint density at radius 2 is 2.00 bits per heavy atom. The Bertz CT molecular complexity index is 575. The van der Waals surface area contributed by atoms with Crippen LogP contribution < -0.4 is 0 Å². The number of hydrogen-bond acceptors (Lipinski definition) is 4. The lowest BCUT2D eigenvalue weighted by molar-refractivity contribution is 0.0524. The summed E-state index contributed by atoms with van der Waals surface area (Å²) in [5, 5.41) is 4.00. The van der Waals surface area contributed by atoms with E-state index in [4.69, 9.17) is 9.26 Å². The van der Waals surface area contributed by atoms with Gasteiger partial charge in [0.2, 0.25) is 0 Å². The second kappa shape index (κ2) is 6.02. The maximum Gasteiger partial charge on any atom is 0.344 e. The maximum absolute atomic E-state index is 12.0. The molecule has 0 spiro atoms. The SMILES string of the molecule is CCOC(=O)c1c(-c2ccc(Br)cc2)noc1CC. The van der Waals surface area contributed by atoms with Gasteiger partial charge in [-0.3, -0.25) is 0 Å². The number of aromatic nitrogens is 1. The number of hydrogen-bond donors (Lipinski definition) is 0. The number of halogens is 1. The van der Waals surface area contributed by atoms with E-state index in [-0.39, 0.29) is 0 Å². The van der Waals surface area contributed by atoms with Gasteiger partial charge in [0.1, 0.15) is 11.3 Å². The Kier molecular flexibility index (Phi) is 4.37. The quantitative estimate of drug-likeness (QED) is 0.802. The first-order valence-corrected chi connectivity index (χ1v) is 6.88. The number of carbonyl (C=O) groups is 1. The van der Waals surface area contributed by atoms with Crippen LogP contribution in [0.5, 0.6) is 0 Å². The van der Waals surface area contributed by atoms with Crippen LogP contribution in [0.25, 0.3) is 11.3 Å². The molecule has 19 heavy (non-hydrogen) atoms. The van der Waals surface area contributed by atoms with Gasteiger partial charge in [0.05, 0.1) is 6.61 Å². The molecule has 0 fully saturated rings. The van der Waals surface area contributed by atoms with Crippen LogP contribution in [0.1, 0.15) is 30.0 Å². The molecule has 0 amide bonds. The van der Waals surface area contributed by atoms with E-state index in [1.54, 1.807) is 6.92 Å². The molecule has 1 aromatic carbocycles. The smallest absolute Gasteiger partial charge is 0.344 e. The normalized spacial score (nSPS) is 10.5. The number of aryl methyl sites for hydroxylation is 1. The molecule has 5 heteroatoms. The maximum atomic E-state index is 12.0. The Balaban J connectivity index is 2.48. The summed E-state index contributed by atoms with van der Waals surface area (Å²) in [4.78, 5) is 12.0. The van der Waals surface area contributed by atoms with Crippen LogP contribution in [-0.4, -0.2) is 17.7 Å². The third-order valence-corrected chi connectivity index (χ3v) is 3.21. The molecule has 1 heterocycles. The topological polar surface area (TPSA) is 52.3 Å². The molecule has 0 radical (unpaired) electrons. The highest BCUT2D eigenvalue weighted by Crippen LogP contribution is 2.27. The average Bonchev–Trinajstić information content (AvgIpc) is 2.83. The highest BCUT2D eigenvalue weighted by molar-refractivity contribution is 9.10. The Morgan fingerprint density at radius 3 is 2.58 bits per heavy atom. The lowest BCUT2D eigenvalue weighted by Gasteiger charge is -2.03. The zero-order valence-electron chi connectivity index (χ0n) is 10.8. The van der Waals surface area contributed by atoms with Crippen molar-refractivity contribution in [3.63, 3.8) is 0 Å². The Hall–Kier alpha value is -1.62. The van der Waals surface area contributed by atoms with E-state index in [9.17, 15) is 4.79 Å². The molecule has 4 nitrogen and oxygen atoms in total. The minimum Gasteiger partial charge on any atom is -0.462 e. The first-order chi connectivity index (χ1) is 9.17. The summed E-state index contributed by atoms with van der Waals surface area (Å²) in [6.07, 6.45) is 0.595. The number of carbonyl (C=O) groups excluding carboxylic acids is 1. The van der Waals surface area contributed by atoms with Crippen molar-refractivity contribution in [1.29, 1.82) is 0 Å². The zero-order valence-corrected chi connectivity index (χ0v) is 12.4. The Labute approximate surface area is 119 Å². The van der Waals surface area contributed by atoms with Crippen LogP contribution in [0.2, 0.25) is 0 Å². The summed E-state index contributed by atoms with van der Waals surface area (Å²) in [5.41, 5.74) is 1.78. The third kappa shape index (κ3) is 2.87.